The third-order valence-electron chi connectivity index (χ3n) is 4.95. The number of hydrogen-bond donors (Lipinski definition) is 1. The van der Waals surface area contributed by atoms with Crippen molar-refractivity contribution in [3.05, 3.63) is 59.9 Å². The highest BCUT2D eigenvalue weighted by Crippen LogP contribution is 2.34. The van der Waals surface area contributed by atoms with Crippen LogP contribution in [0.2, 0.25) is 0 Å². The predicted octanol–water partition coefficient (Wildman–Crippen LogP) is 3.62. The number of nitrogens with two attached hydrogens (primary N) is 1. The summed E-state index contributed by atoms with van der Waals surface area (Å²) < 4.78 is 2.23. The predicted molar refractivity (Wildman–Crippen MR) is 99.3 cm³/mol. The van der Waals surface area contributed by atoms with Crippen LogP contribution in [0.5, 0.6) is 0 Å². The summed E-state index contributed by atoms with van der Waals surface area (Å²) in [4.78, 5) is 19.8. The zero-order valence-corrected chi connectivity index (χ0v) is 14.4. The van der Waals surface area contributed by atoms with E-state index in [4.69, 9.17) is 10.7 Å². The summed E-state index contributed by atoms with van der Waals surface area (Å²) >= 11 is 0. The number of carbonyl (C=O) groups is 1. The Morgan fingerprint density at radius 2 is 2.08 bits per heavy atom. The van der Waals surface area contributed by atoms with Crippen LogP contribution < -0.4 is 5.73 Å². The maximum Gasteiger partial charge on any atom is 0.254 e. The Morgan fingerprint density at radius 1 is 1.24 bits per heavy atom. The van der Waals surface area contributed by atoms with Crippen molar-refractivity contribution in [1.82, 2.24) is 14.5 Å². The first-order valence-electron chi connectivity index (χ1n) is 8.80. The number of hydrogen-bond acceptors (Lipinski definition) is 3. The van der Waals surface area contributed by atoms with Crippen molar-refractivity contribution in [2.24, 2.45) is 0 Å². The van der Waals surface area contributed by atoms with Crippen LogP contribution in [-0.4, -0.2) is 26.9 Å². The Labute approximate surface area is 147 Å². The van der Waals surface area contributed by atoms with Gasteiger partial charge in [0.25, 0.3) is 5.91 Å². The van der Waals surface area contributed by atoms with Gasteiger partial charge < -0.3 is 15.2 Å². The van der Waals surface area contributed by atoms with Crippen LogP contribution in [-0.2, 0) is 6.54 Å². The Balaban J connectivity index is 1.74. The molecule has 1 aliphatic rings. The number of carbonyl (C=O) groups excluding carboxylic acids is 1. The molecule has 0 radical (unpaired) electrons. The van der Waals surface area contributed by atoms with Crippen molar-refractivity contribution in [2.75, 3.05) is 12.3 Å². The molecule has 1 aliphatic heterocycles. The first-order chi connectivity index (χ1) is 12.2. The van der Waals surface area contributed by atoms with E-state index < -0.39 is 0 Å². The molecule has 5 nitrogen and oxygen atoms in total. The molecular formula is C20H22N4O. The number of likely N-dealkylation sites (tertiary alicyclic amines) is 1. The first-order valence-corrected chi connectivity index (χ1v) is 8.80. The van der Waals surface area contributed by atoms with Gasteiger partial charge >= 0.3 is 0 Å². The molecule has 25 heavy (non-hydrogen) atoms. The highest BCUT2D eigenvalue weighted by Gasteiger charge is 2.34. The average molecular weight is 334 g/mol. The molecule has 0 bridgehead atoms. The van der Waals surface area contributed by atoms with Crippen LogP contribution in [0.1, 0.15) is 42.0 Å². The Morgan fingerprint density at radius 3 is 2.88 bits per heavy atom. The maximum absolute atomic E-state index is 13.0. The van der Waals surface area contributed by atoms with Crippen LogP contribution in [0.15, 0.2) is 48.5 Å². The number of rotatable bonds is 3. The molecule has 1 aromatic heterocycles. The van der Waals surface area contributed by atoms with E-state index in [2.05, 4.69) is 17.6 Å². The largest absolute Gasteiger partial charge is 0.399 e. The zero-order valence-electron chi connectivity index (χ0n) is 14.4. The van der Waals surface area contributed by atoms with Crippen molar-refractivity contribution >= 4 is 22.6 Å². The van der Waals surface area contributed by atoms with E-state index in [0.29, 0.717) is 11.3 Å². The van der Waals surface area contributed by atoms with Crippen LogP contribution >= 0.6 is 0 Å². The van der Waals surface area contributed by atoms with Gasteiger partial charge in [-0.25, -0.2) is 4.98 Å². The second-order valence-corrected chi connectivity index (χ2v) is 6.49. The monoisotopic (exact) mass is 334 g/mol. The summed E-state index contributed by atoms with van der Waals surface area (Å²) in [5.74, 6) is 1.02. The van der Waals surface area contributed by atoms with E-state index in [0.717, 1.165) is 42.8 Å². The molecule has 1 saturated heterocycles. The van der Waals surface area contributed by atoms with Crippen molar-refractivity contribution in [3.63, 3.8) is 0 Å². The van der Waals surface area contributed by atoms with Crippen LogP contribution in [0.25, 0.3) is 11.0 Å². The zero-order chi connectivity index (χ0) is 17.4. The van der Waals surface area contributed by atoms with Crippen LogP contribution in [0, 0.1) is 0 Å². The number of para-hydroxylation sites is 2. The summed E-state index contributed by atoms with van der Waals surface area (Å²) in [6.45, 7) is 3.72. The standard InChI is InChI=1S/C20H22N4O/c1-2-23-17-10-4-3-9-16(17)22-19(23)18-11-6-12-24(18)20(25)14-7-5-8-15(21)13-14/h3-5,7-10,13,18H,2,6,11-12,21H2,1H3. The van der Waals surface area contributed by atoms with Gasteiger partial charge in [0, 0.05) is 24.3 Å². The molecular weight excluding hydrogens is 312 g/mol. The van der Waals surface area contributed by atoms with Gasteiger partial charge in [0.1, 0.15) is 5.82 Å². The van der Waals surface area contributed by atoms with E-state index in [-0.39, 0.29) is 11.9 Å². The summed E-state index contributed by atoms with van der Waals surface area (Å²) in [5.41, 5.74) is 9.22. The van der Waals surface area contributed by atoms with Crippen molar-refractivity contribution in [2.45, 2.75) is 32.4 Å². The average Bonchev–Trinajstić information content (AvgIpc) is 3.25. The minimum atomic E-state index is 0.0151. The lowest BCUT2D eigenvalue weighted by Crippen LogP contribution is -2.32. The van der Waals surface area contributed by atoms with E-state index in [1.54, 1.807) is 12.1 Å². The fraction of sp³-hybridized carbons (Fsp3) is 0.300. The lowest BCUT2D eigenvalue weighted by molar-refractivity contribution is 0.0728. The Bertz CT molecular complexity index is 930. The number of imidazole rings is 1. The second kappa shape index (κ2) is 6.24. The normalized spacial score (nSPS) is 17.3. The van der Waals surface area contributed by atoms with Crippen molar-refractivity contribution < 1.29 is 4.79 Å². The lowest BCUT2D eigenvalue weighted by Gasteiger charge is -2.25. The van der Waals surface area contributed by atoms with Gasteiger partial charge in [-0.05, 0) is 50.1 Å². The van der Waals surface area contributed by atoms with Gasteiger partial charge in [0.15, 0.2) is 0 Å². The number of nitrogen functional groups attached to an aromatic ring is 1. The Hall–Kier alpha value is -2.82. The van der Waals surface area contributed by atoms with E-state index >= 15 is 0 Å². The van der Waals surface area contributed by atoms with Crippen molar-refractivity contribution in [1.29, 1.82) is 0 Å². The smallest absolute Gasteiger partial charge is 0.254 e. The fourth-order valence-corrected chi connectivity index (χ4v) is 3.80. The van der Waals surface area contributed by atoms with Crippen LogP contribution in [0.3, 0.4) is 0 Å². The summed E-state index contributed by atoms with van der Waals surface area (Å²) in [7, 11) is 0. The number of aryl methyl sites for hydroxylation is 1. The summed E-state index contributed by atoms with van der Waals surface area (Å²) in [5, 5.41) is 0. The summed E-state index contributed by atoms with van der Waals surface area (Å²) in [6, 6.07) is 15.4. The third-order valence-corrected chi connectivity index (χ3v) is 4.95. The number of fused-ring (bicyclic) bond motifs is 1. The molecule has 2 N–H and O–H groups in total. The molecule has 0 aliphatic carbocycles. The topological polar surface area (TPSA) is 64.2 Å². The highest BCUT2D eigenvalue weighted by atomic mass is 16.2. The molecule has 1 unspecified atom stereocenters. The number of anilines is 1. The minimum absolute atomic E-state index is 0.0151. The first kappa shape index (κ1) is 15.7. The minimum Gasteiger partial charge on any atom is -0.399 e. The van der Waals surface area contributed by atoms with Crippen LogP contribution in [0.4, 0.5) is 5.69 Å². The summed E-state index contributed by atoms with van der Waals surface area (Å²) in [6.07, 6.45) is 1.93. The third kappa shape index (κ3) is 2.65. The number of aromatic nitrogens is 2. The van der Waals surface area contributed by atoms with E-state index in [9.17, 15) is 4.79 Å². The van der Waals surface area contributed by atoms with E-state index in [1.807, 2.05) is 35.2 Å². The highest BCUT2D eigenvalue weighted by molar-refractivity contribution is 5.95. The molecule has 0 spiro atoms. The molecule has 2 aromatic carbocycles. The quantitative estimate of drug-likeness (QED) is 0.744. The molecule has 1 atom stereocenters. The number of amides is 1. The molecule has 5 heteroatoms. The molecule has 2 heterocycles. The van der Waals surface area contributed by atoms with Gasteiger partial charge in [-0.15, -0.1) is 0 Å². The van der Waals surface area contributed by atoms with Gasteiger partial charge in [0.05, 0.1) is 17.1 Å². The molecule has 128 valence electrons. The van der Waals surface area contributed by atoms with Gasteiger partial charge in [0.2, 0.25) is 0 Å². The molecule has 0 saturated carbocycles. The Kier molecular flexibility index (Phi) is 3.92. The van der Waals surface area contributed by atoms with E-state index in [1.165, 1.54) is 0 Å². The lowest BCUT2D eigenvalue weighted by atomic mass is 10.1. The van der Waals surface area contributed by atoms with Crippen molar-refractivity contribution in [3.8, 4) is 0 Å². The number of benzene rings is 2. The number of nitrogens with zero attached hydrogens (tertiary/aromatic N) is 3. The molecule has 1 fully saturated rings. The second-order valence-electron chi connectivity index (χ2n) is 6.49. The maximum atomic E-state index is 13.0. The van der Waals surface area contributed by atoms with Gasteiger partial charge in [-0.1, -0.05) is 18.2 Å². The van der Waals surface area contributed by atoms with Gasteiger partial charge in [-0.2, -0.15) is 0 Å². The molecule has 3 aromatic rings. The molecule has 1 amide bonds. The fourth-order valence-electron chi connectivity index (χ4n) is 3.80. The molecule has 4 rings (SSSR count). The van der Waals surface area contributed by atoms with Gasteiger partial charge in [-0.3, -0.25) is 4.79 Å². The SMILES string of the molecule is CCn1c(C2CCCN2C(=O)c2cccc(N)c2)nc2ccccc21.